The number of rotatable bonds is 15. The van der Waals surface area contributed by atoms with Crippen molar-refractivity contribution in [3.8, 4) is 0 Å². The first-order valence-electron chi connectivity index (χ1n) is 10.3. The first-order valence-corrected chi connectivity index (χ1v) is 10.3. The van der Waals surface area contributed by atoms with Crippen LogP contribution >= 0.6 is 0 Å². The Kier molecular flexibility index (Phi) is 13.0. The van der Waals surface area contributed by atoms with Crippen molar-refractivity contribution < 1.29 is 9.90 Å². The van der Waals surface area contributed by atoms with Gasteiger partial charge in [-0.05, 0) is 49.8 Å². The number of carbonyl (C=O) groups is 1. The molecule has 0 saturated carbocycles. The molecule has 0 unspecified atom stereocenters. The van der Waals surface area contributed by atoms with Gasteiger partial charge in [-0.25, -0.2) is 0 Å². The number of benzene rings is 1. The van der Waals surface area contributed by atoms with Crippen LogP contribution in [0.2, 0.25) is 0 Å². The van der Waals surface area contributed by atoms with Gasteiger partial charge in [0, 0.05) is 18.7 Å². The predicted molar refractivity (Wildman–Crippen MR) is 106 cm³/mol. The molecule has 25 heavy (non-hydrogen) atoms. The van der Waals surface area contributed by atoms with E-state index in [1.807, 2.05) is 12.1 Å². The van der Waals surface area contributed by atoms with Gasteiger partial charge in [-0.3, -0.25) is 4.79 Å². The summed E-state index contributed by atoms with van der Waals surface area (Å²) in [4.78, 5) is 12.0. The van der Waals surface area contributed by atoms with Crippen molar-refractivity contribution in [2.75, 3.05) is 13.2 Å². The van der Waals surface area contributed by atoms with Crippen molar-refractivity contribution >= 4 is 5.91 Å². The molecule has 3 heteroatoms. The van der Waals surface area contributed by atoms with Crippen molar-refractivity contribution in [2.24, 2.45) is 0 Å². The zero-order valence-electron chi connectivity index (χ0n) is 16.1. The van der Waals surface area contributed by atoms with E-state index in [1.54, 1.807) is 0 Å². The van der Waals surface area contributed by atoms with Gasteiger partial charge in [0.05, 0.1) is 0 Å². The minimum absolute atomic E-state index is 0.00243. The molecule has 0 aromatic heterocycles. The number of hydrogen-bond donors (Lipinski definition) is 2. The molecule has 0 atom stereocenters. The Morgan fingerprint density at radius 3 is 2.08 bits per heavy atom. The van der Waals surface area contributed by atoms with Crippen LogP contribution < -0.4 is 5.32 Å². The summed E-state index contributed by atoms with van der Waals surface area (Å²) in [5, 5.41) is 11.7. The van der Waals surface area contributed by atoms with Crippen molar-refractivity contribution in [1.82, 2.24) is 5.32 Å². The molecule has 0 spiro atoms. The van der Waals surface area contributed by atoms with E-state index < -0.39 is 0 Å². The molecule has 0 heterocycles. The smallest absolute Gasteiger partial charge is 0.251 e. The van der Waals surface area contributed by atoms with Crippen LogP contribution in [-0.2, 0) is 6.42 Å². The van der Waals surface area contributed by atoms with Crippen LogP contribution in [-0.4, -0.2) is 24.2 Å². The third kappa shape index (κ3) is 11.0. The zero-order chi connectivity index (χ0) is 18.2. The van der Waals surface area contributed by atoms with E-state index in [1.165, 1.54) is 56.9 Å². The van der Waals surface area contributed by atoms with E-state index in [9.17, 15) is 4.79 Å². The lowest BCUT2D eigenvalue weighted by Gasteiger charge is -2.06. The van der Waals surface area contributed by atoms with Crippen molar-refractivity contribution in [1.29, 1.82) is 0 Å². The highest BCUT2D eigenvalue weighted by atomic mass is 16.2. The quantitative estimate of drug-likeness (QED) is 0.425. The minimum atomic E-state index is 0.00243. The fraction of sp³-hybridized carbons (Fsp3) is 0.682. The lowest BCUT2D eigenvalue weighted by molar-refractivity contribution is 0.0953. The number of aliphatic hydroxyl groups excluding tert-OH is 1. The molecule has 1 amide bonds. The van der Waals surface area contributed by atoms with Gasteiger partial charge in [0.2, 0.25) is 0 Å². The summed E-state index contributed by atoms with van der Waals surface area (Å²) in [6.07, 6.45) is 14.5. The van der Waals surface area contributed by atoms with Gasteiger partial charge in [0.15, 0.2) is 0 Å². The molecule has 0 fully saturated rings. The van der Waals surface area contributed by atoms with E-state index in [4.69, 9.17) is 5.11 Å². The van der Waals surface area contributed by atoms with Crippen molar-refractivity contribution in [3.63, 3.8) is 0 Å². The Morgan fingerprint density at radius 2 is 1.44 bits per heavy atom. The number of carbonyl (C=O) groups excluding carboxylic acids is 1. The topological polar surface area (TPSA) is 49.3 Å². The molecule has 0 aliphatic carbocycles. The van der Waals surface area contributed by atoms with Crippen LogP contribution in [0.15, 0.2) is 24.3 Å². The monoisotopic (exact) mass is 347 g/mol. The molecule has 0 saturated heterocycles. The van der Waals surface area contributed by atoms with Gasteiger partial charge in [-0.1, -0.05) is 64.0 Å². The summed E-state index contributed by atoms with van der Waals surface area (Å²) >= 11 is 0. The molecule has 0 aliphatic heterocycles. The van der Waals surface area contributed by atoms with Gasteiger partial charge in [-0.15, -0.1) is 0 Å². The standard InChI is InChI=1S/C22H37NO2/c1-2-3-4-5-6-7-8-10-13-20-14-16-21(17-15-20)22(25)23-18-11-9-12-19-24/h14-17,24H,2-13,18-19H2,1H3,(H,23,25). The maximum Gasteiger partial charge on any atom is 0.251 e. The average Bonchev–Trinajstić information content (AvgIpc) is 2.64. The molecule has 1 rings (SSSR count). The van der Waals surface area contributed by atoms with E-state index in [-0.39, 0.29) is 12.5 Å². The maximum atomic E-state index is 12.0. The Bertz CT molecular complexity index is 442. The van der Waals surface area contributed by atoms with Crippen molar-refractivity contribution in [2.45, 2.75) is 84.0 Å². The Hall–Kier alpha value is -1.35. The summed E-state index contributed by atoms with van der Waals surface area (Å²) in [7, 11) is 0. The van der Waals surface area contributed by atoms with Gasteiger partial charge >= 0.3 is 0 Å². The van der Waals surface area contributed by atoms with Crippen LogP contribution in [0.3, 0.4) is 0 Å². The zero-order valence-corrected chi connectivity index (χ0v) is 16.1. The Balaban J connectivity index is 2.13. The number of hydrogen-bond acceptors (Lipinski definition) is 2. The first-order chi connectivity index (χ1) is 12.3. The second-order valence-electron chi connectivity index (χ2n) is 6.96. The molecular weight excluding hydrogens is 310 g/mol. The molecule has 0 radical (unpaired) electrons. The number of aliphatic hydroxyl groups is 1. The van der Waals surface area contributed by atoms with E-state index in [2.05, 4.69) is 24.4 Å². The second-order valence-corrected chi connectivity index (χ2v) is 6.96. The Labute approximate surface area is 154 Å². The third-order valence-corrected chi connectivity index (χ3v) is 4.66. The Morgan fingerprint density at radius 1 is 0.840 bits per heavy atom. The van der Waals surface area contributed by atoms with E-state index in [0.717, 1.165) is 31.2 Å². The summed E-state index contributed by atoms with van der Waals surface area (Å²) in [5.41, 5.74) is 2.06. The summed E-state index contributed by atoms with van der Waals surface area (Å²) < 4.78 is 0. The van der Waals surface area contributed by atoms with Crippen LogP contribution in [0.4, 0.5) is 0 Å². The van der Waals surface area contributed by atoms with Crippen LogP contribution in [0.5, 0.6) is 0 Å². The summed E-state index contributed by atoms with van der Waals surface area (Å²) in [5.74, 6) is 0.00243. The number of aryl methyl sites for hydroxylation is 1. The molecular formula is C22H37NO2. The molecule has 2 N–H and O–H groups in total. The normalized spacial score (nSPS) is 10.8. The largest absolute Gasteiger partial charge is 0.396 e. The SMILES string of the molecule is CCCCCCCCCCc1ccc(C(=O)NCCCCCO)cc1. The molecule has 0 bridgehead atoms. The van der Waals surface area contributed by atoms with Crippen molar-refractivity contribution in [3.05, 3.63) is 35.4 Å². The predicted octanol–water partition coefficient (Wildman–Crippen LogP) is 5.26. The van der Waals surface area contributed by atoms with E-state index in [0.29, 0.717) is 6.54 Å². The fourth-order valence-electron chi connectivity index (χ4n) is 3.00. The highest BCUT2D eigenvalue weighted by Gasteiger charge is 2.04. The minimum Gasteiger partial charge on any atom is -0.396 e. The van der Waals surface area contributed by atoms with Gasteiger partial charge < -0.3 is 10.4 Å². The number of nitrogens with one attached hydrogen (secondary N) is 1. The molecule has 142 valence electrons. The maximum absolute atomic E-state index is 12.0. The number of unbranched alkanes of at least 4 members (excludes halogenated alkanes) is 9. The number of amides is 1. The molecule has 3 nitrogen and oxygen atoms in total. The highest BCUT2D eigenvalue weighted by molar-refractivity contribution is 5.94. The fourth-order valence-corrected chi connectivity index (χ4v) is 3.00. The molecule has 1 aromatic rings. The summed E-state index contributed by atoms with van der Waals surface area (Å²) in [6, 6.07) is 8.04. The average molecular weight is 348 g/mol. The van der Waals surface area contributed by atoms with Gasteiger partial charge in [-0.2, -0.15) is 0 Å². The van der Waals surface area contributed by atoms with Gasteiger partial charge in [0.25, 0.3) is 5.91 Å². The van der Waals surface area contributed by atoms with Gasteiger partial charge in [0.1, 0.15) is 0 Å². The van der Waals surface area contributed by atoms with Crippen LogP contribution in [0, 0.1) is 0 Å². The lowest BCUT2D eigenvalue weighted by Crippen LogP contribution is -2.24. The van der Waals surface area contributed by atoms with E-state index >= 15 is 0 Å². The van der Waals surface area contributed by atoms with Crippen LogP contribution in [0.1, 0.15) is 93.5 Å². The van der Waals surface area contributed by atoms with Crippen LogP contribution in [0.25, 0.3) is 0 Å². The molecule has 0 aliphatic rings. The third-order valence-electron chi connectivity index (χ3n) is 4.66. The second kappa shape index (κ2) is 14.9. The summed E-state index contributed by atoms with van der Waals surface area (Å²) in [6.45, 7) is 3.17. The highest BCUT2D eigenvalue weighted by Crippen LogP contribution is 2.12. The first kappa shape index (κ1) is 21.7. The lowest BCUT2D eigenvalue weighted by atomic mass is 10.0. The molecule has 1 aromatic carbocycles.